The molecule has 0 fully saturated rings. The van der Waals surface area contributed by atoms with Gasteiger partial charge in [-0.15, -0.1) is 0 Å². The van der Waals surface area contributed by atoms with Gasteiger partial charge < -0.3 is 9.73 Å². The van der Waals surface area contributed by atoms with Crippen LogP contribution in [0.5, 0.6) is 0 Å². The molecule has 31 heavy (non-hydrogen) atoms. The summed E-state index contributed by atoms with van der Waals surface area (Å²) in [5.41, 5.74) is 3.40. The largest absolute Gasteiger partial charge is 0.468 e. The molecule has 2 aromatic carbocycles. The molecule has 0 unspecified atom stereocenters. The Kier molecular flexibility index (Phi) is 7.44. The Morgan fingerprint density at radius 2 is 1.84 bits per heavy atom. The Balaban J connectivity index is 1.82. The molecular weight excluding hydrogens is 412 g/mol. The van der Waals surface area contributed by atoms with E-state index in [2.05, 4.69) is 5.32 Å². The van der Waals surface area contributed by atoms with Gasteiger partial charge >= 0.3 is 0 Å². The minimum absolute atomic E-state index is 0.0453. The number of furan rings is 1. The van der Waals surface area contributed by atoms with Crippen LogP contribution in [0, 0.1) is 6.92 Å². The van der Waals surface area contributed by atoms with E-state index >= 15 is 0 Å². The smallest absolute Gasteiger partial charge is 0.239 e. The maximum atomic E-state index is 13.0. The first-order valence-electron chi connectivity index (χ1n) is 10.0. The first-order valence-corrected chi connectivity index (χ1v) is 11.5. The predicted molar refractivity (Wildman–Crippen MR) is 123 cm³/mol. The molecule has 3 aromatic rings. The van der Waals surface area contributed by atoms with Crippen LogP contribution >= 0.6 is 0 Å². The Hall–Kier alpha value is -3.16. The molecule has 0 aliphatic carbocycles. The molecule has 0 saturated carbocycles. The fraction of sp³-hybridized carbons (Fsp3) is 0.208. The summed E-state index contributed by atoms with van der Waals surface area (Å²) in [6, 6.07) is 18.3. The number of sulfonamides is 1. The molecular formula is C24H26N2O4S. The van der Waals surface area contributed by atoms with Crippen molar-refractivity contribution in [3.8, 4) is 0 Å². The maximum absolute atomic E-state index is 13.0. The minimum Gasteiger partial charge on any atom is -0.468 e. The van der Waals surface area contributed by atoms with Crippen molar-refractivity contribution in [2.24, 2.45) is 0 Å². The van der Waals surface area contributed by atoms with E-state index < -0.39 is 15.9 Å². The lowest BCUT2D eigenvalue weighted by Crippen LogP contribution is -2.36. The van der Waals surface area contributed by atoms with Crippen LogP contribution in [0.4, 0.5) is 5.69 Å². The molecule has 162 valence electrons. The number of nitrogens with one attached hydrogen (secondary N) is 1. The number of nitrogens with zero attached hydrogens (tertiary/aromatic N) is 1. The van der Waals surface area contributed by atoms with E-state index in [9.17, 15) is 13.2 Å². The van der Waals surface area contributed by atoms with Gasteiger partial charge in [-0.25, -0.2) is 8.42 Å². The third-order valence-corrected chi connectivity index (χ3v) is 6.29. The summed E-state index contributed by atoms with van der Waals surface area (Å²) in [5.74, 6) is 0.0434. The van der Waals surface area contributed by atoms with Crippen molar-refractivity contribution in [2.75, 3.05) is 11.9 Å². The molecule has 1 N–H and O–H groups in total. The van der Waals surface area contributed by atoms with Crippen LogP contribution in [-0.4, -0.2) is 25.2 Å². The van der Waals surface area contributed by atoms with Crippen molar-refractivity contribution in [1.29, 1.82) is 0 Å². The highest BCUT2D eigenvalue weighted by Gasteiger charge is 2.24. The fourth-order valence-corrected chi connectivity index (χ4v) is 4.27. The van der Waals surface area contributed by atoms with Crippen molar-refractivity contribution in [3.63, 3.8) is 0 Å². The zero-order valence-electron chi connectivity index (χ0n) is 17.6. The number of rotatable bonds is 9. The molecule has 6 nitrogen and oxygen atoms in total. The number of amides is 1. The summed E-state index contributed by atoms with van der Waals surface area (Å²) in [4.78, 5) is 12.8. The monoisotopic (exact) mass is 438 g/mol. The number of para-hydroxylation sites is 1. The third kappa shape index (κ3) is 6.16. The molecule has 0 atom stereocenters. The lowest BCUT2D eigenvalue weighted by molar-refractivity contribution is -0.116. The van der Waals surface area contributed by atoms with Gasteiger partial charge in [-0.3, -0.25) is 4.79 Å². The van der Waals surface area contributed by atoms with Crippen LogP contribution in [0.1, 0.15) is 29.4 Å². The van der Waals surface area contributed by atoms with E-state index in [0.29, 0.717) is 5.76 Å². The molecule has 0 radical (unpaired) electrons. The van der Waals surface area contributed by atoms with Gasteiger partial charge in [0.2, 0.25) is 15.9 Å². The molecule has 0 aliphatic rings. The van der Waals surface area contributed by atoms with Gasteiger partial charge in [0, 0.05) is 11.1 Å². The maximum Gasteiger partial charge on any atom is 0.239 e. The first kappa shape index (κ1) is 22.5. The van der Waals surface area contributed by atoms with Crippen molar-refractivity contribution >= 4 is 27.7 Å². The first-order chi connectivity index (χ1) is 14.9. The number of hydrogen-bond acceptors (Lipinski definition) is 4. The summed E-state index contributed by atoms with van der Waals surface area (Å²) in [6.07, 6.45) is 3.74. The van der Waals surface area contributed by atoms with Crippen LogP contribution in [0.3, 0.4) is 0 Å². The van der Waals surface area contributed by atoms with Crippen LogP contribution in [0.15, 0.2) is 76.8 Å². The third-order valence-electron chi connectivity index (χ3n) is 4.83. The van der Waals surface area contributed by atoms with E-state index in [0.717, 1.165) is 38.5 Å². The lowest BCUT2D eigenvalue weighted by atomic mass is 10.1. The van der Waals surface area contributed by atoms with Crippen LogP contribution in [-0.2, 0) is 27.8 Å². The second kappa shape index (κ2) is 10.2. The van der Waals surface area contributed by atoms with E-state index in [1.165, 1.54) is 12.3 Å². The van der Waals surface area contributed by atoms with Gasteiger partial charge in [-0.05, 0) is 48.2 Å². The van der Waals surface area contributed by atoms with Crippen LogP contribution in [0.2, 0.25) is 0 Å². The SMILES string of the molecule is CCc1cccc(C)c1NC(=O)CN(Cc1ccco1)S(=O)(=O)/C=C/c1ccccc1. The molecule has 3 rings (SSSR count). The Morgan fingerprint density at radius 1 is 1.06 bits per heavy atom. The highest BCUT2D eigenvalue weighted by atomic mass is 32.2. The topological polar surface area (TPSA) is 79.6 Å². The molecule has 0 aliphatic heterocycles. The quantitative estimate of drug-likeness (QED) is 0.530. The van der Waals surface area contributed by atoms with Crippen LogP contribution < -0.4 is 5.32 Å². The fourth-order valence-electron chi connectivity index (χ4n) is 3.17. The molecule has 1 heterocycles. The molecule has 0 bridgehead atoms. The summed E-state index contributed by atoms with van der Waals surface area (Å²) in [5, 5.41) is 4.00. The standard InChI is InChI=1S/C24H26N2O4S/c1-3-21-12-7-9-19(2)24(21)25-23(27)18-26(17-22-13-8-15-30-22)31(28,29)16-14-20-10-5-4-6-11-20/h4-16H,3,17-18H2,1-2H3,(H,25,27)/b16-14+. The van der Waals surface area contributed by atoms with Crippen molar-refractivity contribution < 1.29 is 17.6 Å². The van der Waals surface area contributed by atoms with Gasteiger partial charge in [0.15, 0.2) is 0 Å². The number of carbonyl (C=O) groups is 1. The highest BCUT2D eigenvalue weighted by Crippen LogP contribution is 2.21. The van der Waals surface area contributed by atoms with Gasteiger partial charge in [0.1, 0.15) is 5.76 Å². The Bertz CT molecular complexity index is 1140. The van der Waals surface area contributed by atoms with E-state index in [1.807, 2.05) is 50.2 Å². The molecule has 0 spiro atoms. The van der Waals surface area contributed by atoms with E-state index in [4.69, 9.17) is 4.42 Å². The van der Waals surface area contributed by atoms with Gasteiger partial charge in [0.05, 0.1) is 19.4 Å². The number of benzene rings is 2. The number of carbonyl (C=O) groups excluding carboxylic acids is 1. The molecule has 7 heteroatoms. The Labute approximate surface area is 183 Å². The molecule has 1 aromatic heterocycles. The van der Waals surface area contributed by atoms with Crippen LogP contribution in [0.25, 0.3) is 6.08 Å². The predicted octanol–water partition coefficient (Wildman–Crippen LogP) is 4.59. The zero-order chi connectivity index (χ0) is 22.3. The van der Waals surface area contributed by atoms with Crippen molar-refractivity contribution in [1.82, 2.24) is 4.31 Å². The molecule has 1 amide bonds. The van der Waals surface area contributed by atoms with Crippen molar-refractivity contribution in [3.05, 3.63) is 94.8 Å². The number of aryl methyl sites for hydroxylation is 2. The van der Waals surface area contributed by atoms with Gasteiger partial charge in [-0.2, -0.15) is 4.31 Å². The number of anilines is 1. The average Bonchev–Trinajstić information content (AvgIpc) is 3.27. The normalized spacial score (nSPS) is 11.8. The van der Waals surface area contributed by atoms with E-state index in [1.54, 1.807) is 24.3 Å². The summed E-state index contributed by atoms with van der Waals surface area (Å²) in [6.45, 7) is 3.54. The summed E-state index contributed by atoms with van der Waals surface area (Å²) < 4.78 is 32.5. The molecule has 0 saturated heterocycles. The average molecular weight is 439 g/mol. The second-order valence-electron chi connectivity index (χ2n) is 7.12. The summed E-state index contributed by atoms with van der Waals surface area (Å²) in [7, 11) is -3.88. The number of hydrogen-bond donors (Lipinski definition) is 1. The van der Waals surface area contributed by atoms with Crippen molar-refractivity contribution in [2.45, 2.75) is 26.8 Å². The summed E-state index contributed by atoms with van der Waals surface area (Å²) >= 11 is 0. The second-order valence-corrected chi connectivity index (χ2v) is 8.94. The van der Waals surface area contributed by atoms with Gasteiger partial charge in [0.25, 0.3) is 0 Å². The zero-order valence-corrected chi connectivity index (χ0v) is 18.4. The Morgan fingerprint density at radius 3 is 2.52 bits per heavy atom. The minimum atomic E-state index is -3.88. The van der Waals surface area contributed by atoms with Gasteiger partial charge in [-0.1, -0.05) is 55.5 Å². The lowest BCUT2D eigenvalue weighted by Gasteiger charge is -2.20. The highest BCUT2D eigenvalue weighted by molar-refractivity contribution is 7.92. The van der Waals surface area contributed by atoms with E-state index in [-0.39, 0.29) is 13.1 Å².